The summed E-state index contributed by atoms with van der Waals surface area (Å²) >= 11 is 0. The summed E-state index contributed by atoms with van der Waals surface area (Å²) in [6, 6.07) is 20.4. The number of phenolic OH excluding ortho intramolecular Hbond substituents is 20. The van der Waals surface area contributed by atoms with E-state index in [0.29, 0.717) is 0 Å². The van der Waals surface area contributed by atoms with Crippen LogP contribution >= 0.6 is 0 Å². The third-order valence-corrected chi connectivity index (χ3v) is 16.1. The van der Waals surface area contributed by atoms with Crippen LogP contribution in [0.1, 0.15) is 63.2 Å². The van der Waals surface area contributed by atoms with Crippen LogP contribution in [-0.4, -0.2) is 141 Å². The zero-order valence-electron chi connectivity index (χ0n) is 49.1. The van der Waals surface area contributed by atoms with Crippen LogP contribution in [-0.2, 0) is 27.1 Å². The Morgan fingerprint density at radius 3 is 1.21 bits per heavy atom. The molecule has 30 heteroatoms. The van der Waals surface area contributed by atoms with Crippen LogP contribution < -0.4 is 33.2 Å². The molecule has 3 heterocycles. The summed E-state index contributed by atoms with van der Waals surface area (Å²) in [6.45, 7) is -2.28. The second kappa shape index (κ2) is 25.2. The molecule has 0 fully saturated rings. The average molecular weight is 1330 g/mol. The van der Waals surface area contributed by atoms with Gasteiger partial charge in [-0.15, -0.1) is 0 Å². The average Bonchev–Trinajstić information content (AvgIpc) is 0.724. The second-order valence-corrected chi connectivity index (χ2v) is 22.1. The maximum atomic E-state index is 13.1. The molecule has 500 valence electrons. The van der Waals surface area contributed by atoms with Gasteiger partial charge < -0.3 is 149 Å². The van der Waals surface area contributed by atoms with Gasteiger partial charge in [-0.25, -0.2) is 0 Å². The van der Waals surface area contributed by atoms with Crippen molar-refractivity contribution in [2.75, 3.05) is 20.4 Å². The van der Waals surface area contributed by atoms with Crippen molar-refractivity contribution in [1.29, 1.82) is 0 Å². The molecule has 0 spiro atoms. The van der Waals surface area contributed by atoms with E-state index in [0.717, 1.165) is 97.1 Å². The molecule has 3 aliphatic rings. The van der Waals surface area contributed by atoms with Crippen LogP contribution in [0.15, 0.2) is 115 Å². The number of hydrogen-bond acceptors (Lipinski definition) is 30. The number of rotatable bonds is 18. The number of hydrogen-bond donors (Lipinski definition) is 20. The van der Waals surface area contributed by atoms with Crippen molar-refractivity contribution in [1.82, 2.24) is 0 Å². The maximum Gasteiger partial charge on any atom is 0.211 e. The highest BCUT2D eigenvalue weighted by molar-refractivity contribution is 5.69. The van der Waals surface area contributed by atoms with Crippen molar-refractivity contribution >= 4 is 0 Å². The largest absolute Gasteiger partial charge is 0.508 e. The molecule has 9 aromatic carbocycles. The van der Waals surface area contributed by atoms with Gasteiger partial charge in [-0.05, 0) is 53.1 Å². The Bertz CT molecular complexity index is 4450. The van der Waals surface area contributed by atoms with Crippen LogP contribution in [0.2, 0.25) is 0 Å². The second-order valence-electron chi connectivity index (χ2n) is 22.1. The normalized spacial score (nSPS) is 18.5. The Hall–Kier alpha value is -12.5. The fourth-order valence-electron chi connectivity index (χ4n) is 11.5. The van der Waals surface area contributed by atoms with Gasteiger partial charge in [-0.1, -0.05) is 18.2 Å². The molecular weight excluding hydrogens is 1270 g/mol. The van der Waals surface area contributed by atoms with E-state index in [4.69, 9.17) is 47.4 Å². The molecule has 0 saturated carbocycles. The van der Waals surface area contributed by atoms with Crippen molar-refractivity contribution in [3.63, 3.8) is 0 Å². The molecule has 0 aliphatic carbocycles. The standard InChI is InChI=1S/C66H56O30/c67-28-10-41(75)54-51(11-28)94-62(27-3-6-36(70)40(74)9-27)66(92-24-89-31-16-47(81)59(86)48(82)17-31)56(54)55-42(76)21-50(33-19-53(91-23-88-30-14-45(79)58(85)46(80)15-30)60(95-63(33)55)25-1-4-34(68)38(72)7-25)93-65-49(83)20-37(71)32-18-52(90-22-87-29-12-43(77)57(84)44(78)13-29)61(96-64(32)65)26-2-5-35(69)39(73)8-26/h1-17,20-21,52-53,56,60-62,66-86H,18-19,22-24H2. The van der Waals surface area contributed by atoms with Gasteiger partial charge in [0.05, 0.1) is 5.92 Å². The first-order chi connectivity index (χ1) is 45.8. The summed E-state index contributed by atoms with van der Waals surface area (Å²) in [5.74, 6) is -18.6. The van der Waals surface area contributed by atoms with Gasteiger partial charge in [0.15, 0.2) is 119 Å². The van der Waals surface area contributed by atoms with E-state index in [9.17, 15) is 102 Å². The number of aromatic hydroxyl groups is 20. The maximum absolute atomic E-state index is 13.1. The Balaban J connectivity index is 1.03. The molecule has 30 nitrogen and oxygen atoms in total. The van der Waals surface area contributed by atoms with Gasteiger partial charge >= 0.3 is 0 Å². The molecular formula is C66H56O30. The Morgan fingerprint density at radius 2 is 0.750 bits per heavy atom. The fraction of sp³-hybridized carbons (Fsp3) is 0.182. The van der Waals surface area contributed by atoms with Gasteiger partial charge in [0, 0.05) is 95.8 Å². The zero-order chi connectivity index (χ0) is 68.3. The molecule has 0 bridgehead atoms. The van der Waals surface area contributed by atoms with Crippen molar-refractivity contribution in [3.05, 3.63) is 154 Å². The highest BCUT2D eigenvalue weighted by atomic mass is 16.7. The predicted octanol–water partition coefficient (Wildman–Crippen LogP) is 8.47. The van der Waals surface area contributed by atoms with E-state index >= 15 is 0 Å². The van der Waals surface area contributed by atoms with Crippen molar-refractivity contribution in [3.8, 4) is 161 Å². The molecule has 7 atom stereocenters. The summed E-state index contributed by atoms with van der Waals surface area (Å²) in [5.41, 5.74) is -0.547. The van der Waals surface area contributed by atoms with Gasteiger partial charge in [0.25, 0.3) is 0 Å². The molecule has 7 unspecified atom stereocenters. The topological polar surface area (TPSA) is 497 Å². The third kappa shape index (κ3) is 12.1. The van der Waals surface area contributed by atoms with Gasteiger partial charge in [0.1, 0.15) is 75.8 Å². The third-order valence-electron chi connectivity index (χ3n) is 16.1. The smallest absolute Gasteiger partial charge is 0.211 e. The van der Waals surface area contributed by atoms with E-state index in [1.807, 2.05) is 0 Å². The molecule has 0 saturated heterocycles. The molecule has 96 heavy (non-hydrogen) atoms. The Kier molecular flexibility index (Phi) is 16.7. The van der Waals surface area contributed by atoms with Gasteiger partial charge in [-0.3, -0.25) is 0 Å². The summed E-state index contributed by atoms with van der Waals surface area (Å²) in [7, 11) is 0. The molecule has 3 aliphatic heterocycles. The highest BCUT2D eigenvalue weighted by Gasteiger charge is 2.49. The predicted molar refractivity (Wildman–Crippen MR) is 322 cm³/mol. The first-order valence-corrected chi connectivity index (χ1v) is 28.5. The summed E-state index contributed by atoms with van der Waals surface area (Å²) in [4.78, 5) is 0. The van der Waals surface area contributed by atoms with Crippen LogP contribution in [0.3, 0.4) is 0 Å². The van der Waals surface area contributed by atoms with E-state index in [1.165, 1.54) is 18.2 Å². The van der Waals surface area contributed by atoms with Crippen molar-refractivity contribution < 1.29 is 149 Å². The van der Waals surface area contributed by atoms with E-state index < -0.39 is 196 Å². The molecule has 0 amide bonds. The SMILES string of the molecule is Oc1cc(O)c2c(c1)OC(c1ccc(O)c(O)c1)C(OCOc1cc(O)c(O)c(O)c1)C2c1c(O)cc(Oc2c(O)cc(O)c3c2OC(c2ccc(O)c(O)c2)C(OCOc2cc(O)c(O)c(O)c2)C3)c2c1OC(c1ccc(O)c(O)c1)C(OCOc1cc(O)c(O)c(O)c1)C2. The lowest BCUT2D eigenvalue weighted by Gasteiger charge is -2.42. The quantitative estimate of drug-likeness (QED) is 0.0283. The summed E-state index contributed by atoms with van der Waals surface area (Å²) < 4.78 is 63.0. The van der Waals surface area contributed by atoms with E-state index in [1.54, 1.807) is 0 Å². The minimum Gasteiger partial charge on any atom is -0.508 e. The van der Waals surface area contributed by atoms with E-state index in [-0.39, 0.29) is 79.9 Å². The van der Waals surface area contributed by atoms with Gasteiger partial charge in [0.2, 0.25) is 23.0 Å². The van der Waals surface area contributed by atoms with Crippen molar-refractivity contribution in [2.24, 2.45) is 0 Å². The number of benzene rings is 9. The number of fused-ring (bicyclic) bond motifs is 3. The molecule has 12 rings (SSSR count). The minimum atomic E-state index is -1.67. The lowest BCUT2D eigenvalue weighted by molar-refractivity contribution is -0.100. The van der Waals surface area contributed by atoms with Crippen LogP contribution in [0, 0.1) is 0 Å². The monoisotopic (exact) mass is 1330 g/mol. The number of ether oxygens (including phenoxy) is 10. The lowest BCUT2D eigenvalue weighted by Crippen LogP contribution is -2.39. The summed E-state index contributed by atoms with van der Waals surface area (Å²) in [6.07, 6.45) is -9.46. The van der Waals surface area contributed by atoms with Crippen LogP contribution in [0.4, 0.5) is 0 Å². The van der Waals surface area contributed by atoms with Crippen LogP contribution in [0.25, 0.3) is 0 Å². The van der Waals surface area contributed by atoms with E-state index in [2.05, 4.69) is 0 Å². The molecule has 0 radical (unpaired) electrons. The summed E-state index contributed by atoms with van der Waals surface area (Å²) in [5, 5.41) is 216. The molecule has 9 aromatic rings. The molecule has 20 N–H and O–H groups in total. The Morgan fingerprint density at radius 1 is 0.333 bits per heavy atom. The zero-order valence-corrected chi connectivity index (χ0v) is 49.1. The fourth-order valence-corrected chi connectivity index (χ4v) is 11.5. The van der Waals surface area contributed by atoms with Crippen molar-refractivity contribution in [2.45, 2.75) is 55.4 Å². The first-order valence-electron chi connectivity index (χ1n) is 28.5. The highest BCUT2D eigenvalue weighted by Crippen LogP contribution is 2.61. The van der Waals surface area contributed by atoms with Gasteiger partial charge in [-0.2, -0.15) is 0 Å². The number of phenols is 20. The lowest BCUT2D eigenvalue weighted by atomic mass is 9.77. The Labute approximate surface area is 538 Å². The van der Waals surface area contributed by atoms with Crippen LogP contribution in [0.5, 0.6) is 161 Å². The molecule has 0 aromatic heterocycles. The first kappa shape index (κ1) is 63.6. The minimum absolute atomic E-state index is 0.0376.